The lowest BCUT2D eigenvalue weighted by Gasteiger charge is -2.23. The van der Waals surface area contributed by atoms with Crippen molar-refractivity contribution in [1.29, 1.82) is 5.26 Å². The Bertz CT molecular complexity index is 737. The van der Waals surface area contributed by atoms with Gasteiger partial charge < -0.3 is 0 Å². The molecule has 2 aromatic carbocycles. The van der Waals surface area contributed by atoms with Crippen molar-refractivity contribution in [2.75, 3.05) is 10.8 Å². The average molecular weight is 304 g/mol. The van der Waals surface area contributed by atoms with Gasteiger partial charge >= 0.3 is 0 Å². The highest BCUT2D eigenvalue weighted by Gasteiger charge is 2.24. The topological polar surface area (TPSA) is 61.2 Å². The van der Waals surface area contributed by atoms with Gasteiger partial charge in [-0.05, 0) is 36.4 Å². The fraction of sp³-hybridized carbons (Fsp3) is 0.133. The van der Waals surface area contributed by atoms with Gasteiger partial charge in [0.25, 0.3) is 10.0 Å². The van der Waals surface area contributed by atoms with Crippen molar-refractivity contribution < 1.29 is 12.8 Å². The van der Waals surface area contributed by atoms with Gasteiger partial charge in [-0.1, -0.05) is 18.2 Å². The minimum Gasteiger partial charge on any atom is -0.265 e. The lowest BCUT2D eigenvalue weighted by atomic mass is 10.3. The zero-order valence-electron chi connectivity index (χ0n) is 11.1. The first kappa shape index (κ1) is 15.0. The maximum atomic E-state index is 13.0. The van der Waals surface area contributed by atoms with Crippen LogP contribution < -0.4 is 4.31 Å². The standard InChI is InChI=1S/C15H13FN2O2S/c16-13-7-9-15(10-8-13)21(19,20)18(12-4-11-17)14-5-2-1-3-6-14/h1-3,5-10H,4,12H2. The number of sulfonamides is 1. The van der Waals surface area contributed by atoms with E-state index in [9.17, 15) is 12.8 Å². The van der Waals surface area contributed by atoms with E-state index in [1.807, 2.05) is 6.07 Å². The summed E-state index contributed by atoms with van der Waals surface area (Å²) < 4.78 is 39.4. The van der Waals surface area contributed by atoms with Crippen molar-refractivity contribution in [1.82, 2.24) is 0 Å². The van der Waals surface area contributed by atoms with E-state index in [1.54, 1.807) is 30.3 Å². The van der Waals surface area contributed by atoms with E-state index in [4.69, 9.17) is 5.26 Å². The van der Waals surface area contributed by atoms with E-state index in [0.717, 1.165) is 16.4 Å². The van der Waals surface area contributed by atoms with Crippen LogP contribution in [0.1, 0.15) is 6.42 Å². The Hall–Kier alpha value is -2.39. The third kappa shape index (κ3) is 3.38. The minimum atomic E-state index is -3.83. The largest absolute Gasteiger partial charge is 0.265 e. The molecule has 108 valence electrons. The van der Waals surface area contributed by atoms with Crippen LogP contribution in [0.15, 0.2) is 59.5 Å². The Balaban J connectivity index is 2.45. The van der Waals surface area contributed by atoms with E-state index < -0.39 is 15.8 Å². The summed E-state index contributed by atoms with van der Waals surface area (Å²) >= 11 is 0. The number of para-hydroxylation sites is 1. The van der Waals surface area contributed by atoms with Crippen LogP contribution in [0.25, 0.3) is 0 Å². The van der Waals surface area contributed by atoms with Gasteiger partial charge in [0.15, 0.2) is 0 Å². The predicted octanol–water partition coefficient (Wildman–Crippen LogP) is 2.93. The lowest BCUT2D eigenvalue weighted by Crippen LogP contribution is -2.31. The van der Waals surface area contributed by atoms with Gasteiger partial charge in [0.05, 0.1) is 23.1 Å². The SMILES string of the molecule is N#CCCN(c1ccccc1)S(=O)(=O)c1ccc(F)cc1. The molecule has 4 nitrogen and oxygen atoms in total. The molecule has 0 amide bonds. The molecule has 0 aliphatic carbocycles. The van der Waals surface area contributed by atoms with Crippen molar-refractivity contribution in [3.05, 3.63) is 60.4 Å². The Morgan fingerprint density at radius 1 is 1.05 bits per heavy atom. The van der Waals surface area contributed by atoms with Crippen molar-refractivity contribution in [2.24, 2.45) is 0 Å². The fourth-order valence-electron chi connectivity index (χ4n) is 1.87. The minimum absolute atomic E-state index is 0.00862. The first-order chi connectivity index (χ1) is 10.1. The van der Waals surface area contributed by atoms with Gasteiger partial charge in [-0.25, -0.2) is 12.8 Å². The fourth-order valence-corrected chi connectivity index (χ4v) is 3.33. The first-order valence-electron chi connectivity index (χ1n) is 6.26. The van der Waals surface area contributed by atoms with Crippen molar-refractivity contribution in [2.45, 2.75) is 11.3 Å². The maximum Gasteiger partial charge on any atom is 0.264 e. The highest BCUT2D eigenvalue weighted by Crippen LogP contribution is 2.23. The van der Waals surface area contributed by atoms with E-state index in [1.165, 1.54) is 12.1 Å². The molecular weight excluding hydrogens is 291 g/mol. The van der Waals surface area contributed by atoms with Gasteiger partial charge in [0.2, 0.25) is 0 Å². The quantitative estimate of drug-likeness (QED) is 0.853. The molecule has 0 aromatic heterocycles. The van der Waals surface area contributed by atoms with Gasteiger partial charge in [-0.15, -0.1) is 0 Å². The van der Waals surface area contributed by atoms with Crippen molar-refractivity contribution in [3.63, 3.8) is 0 Å². The molecule has 2 aromatic rings. The lowest BCUT2D eigenvalue weighted by molar-refractivity contribution is 0.590. The van der Waals surface area contributed by atoms with Crippen LogP contribution in [0.3, 0.4) is 0 Å². The van der Waals surface area contributed by atoms with Crippen LogP contribution >= 0.6 is 0 Å². The van der Waals surface area contributed by atoms with Crippen LogP contribution in [0.5, 0.6) is 0 Å². The second-order valence-corrected chi connectivity index (χ2v) is 6.14. The number of nitriles is 1. The molecule has 0 saturated heterocycles. The molecule has 21 heavy (non-hydrogen) atoms. The second-order valence-electron chi connectivity index (χ2n) is 4.27. The molecule has 6 heteroatoms. The van der Waals surface area contributed by atoms with Crippen LogP contribution in [0, 0.1) is 17.1 Å². The number of hydrogen-bond donors (Lipinski definition) is 0. The summed E-state index contributed by atoms with van der Waals surface area (Å²) in [7, 11) is -3.83. The van der Waals surface area contributed by atoms with Crippen LogP contribution in [0.4, 0.5) is 10.1 Å². The number of halogens is 1. The van der Waals surface area contributed by atoms with Gasteiger partial charge in [-0.3, -0.25) is 4.31 Å². The first-order valence-corrected chi connectivity index (χ1v) is 7.70. The molecular formula is C15H13FN2O2S. The van der Waals surface area contributed by atoms with Crippen LogP contribution in [0.2, 0.25) is 0 Å². The molecule has 0 bridgehead atoms. The van der Waals surface area contributed by atoms with E-state index in [0.29, 0.717) is 5.69 Å². The molecule has 0 spiro atoms. The highest BCUT2D eigenvalue weighted by molar-refractivity contribution is 7.92. The van der Waals surface area contributed by atoms with Crippen molar-refractivity contribution >= 4 is 15.7 Å². The smallest absolute Gasteiger partial charge is 0.264 e. The third-order valence-electron chi connectivity index (χ3n) is 2.87. The maximum absolute atomic E-state index is 13.0. The third-order valence-corrected chi connectivity index (χ3v) is 4.71. The summed E-state index contributed by atoms with van der Waals surface area (Å²) in [4.78, 5) is -0.00862. The van der Waals surface area contributed by atoms with E-state index in [2.05, 4.69) is 0 Å². The molecule has 2 rings (SSSR count). The molecule has 0 saturated carbocycles. The van der Waals surface area contributed by atoms with Gasteiger partial charge in [0.1, 0.15) is 5.82 Å². The van der Waals surface area contributed by atoms with E-state index >= 15 is 0 Å². The molecule has 0 heterocycles. The monoisotopic (exact) mass is 304 g/mol. The Labute approximate surface area is 123 Å². The average Bonchev–Trinajstić information content (AvgIpc) is 2.49. The second kappa shape index (κ2) is 6.37. The molecule has 0 aliphatic rings. The van der Waals surface area contributed by atoms with Crippen molar-refractivity contribution in [3.8, 4) is 6.07 Å². The highest BCUT2D eigenvalue weighted by atomic mass is 32.2. The molecule has 0 radical (unpaired) electrons. The van der Waals surface area contributed by atoms with Crippen LogP contribution in [-0.4, -0.2) is 15.0 Å². The molecule has 0 N–H and O–H groups in total. The van der Waals surface area contributed by atoms with Gasteiger partial charge in [-0.2, -0.15) is 5.26 Å². The summed E-state index contributed by atoms with van der Waals surface area (Å²) in [5.41, 5.74) is 0.470. The van der Waals surface area contributed by atoms with E-state index in [-0.39, 0.29) is 17.9 Å². The summed E-state index contributed by atoms with van der Waals surface area (Å²) in [5.74, 6) is -0.503. The van der Waals surface area contributed by atoms with Crippen LogP contribution in [-0.2, 0) is 10.0 Å². The molecule has 0 fully saturated rings. The Kier molecular flexibility index (Phi) is 4.55. The summed E-state index contributed by atoms with van der Waals surface area (Å²) in [6, 6.07) is 15.1. The number of rotatable bonds is 5. The van der Waals surface area contributed by atoms with Gasteiger partial charge in [0, 0.05) is 6.54 Å². The zero-order chi connectivity index (χ0) is 15.3. The molecule has 0 aliphatic heterocycles. The number of benzene rings is 2. The molecule has 0 atom stereocenters. The normalized spacial score (nSPS) is 10.9. The number of hydrogen-bond acceptors (Lipinski definition) is 3. The summed E-state index contributed by atoms with van der Waals surface area (Å²) in [5, 5.41) is 8.71. The number of anilines is 1. The summed E-state index contributed by atoms with van der Waals surface area (Å²) in [6.45, 7) is 0.0419. The number of nitrogens with zero attached hydrogens (tertiary/aromatic N) is 2. The zero-order valence-corrected chi connectivity index (χ0v) is 11.9. The predicted molar refractivity (Wildman–Crippen MR) is 77.6 cm³/mol. The Morgan fingerprint density at radius 2 is 1.67 bits per heavy atom. The molecule has 0 unspecified atom stereocenters. The Morgan fingerprint density at radius 3 is 2.24 bits per heavy atom. The summed E-state index contributed by atoms with van der Waals surface area (Å²) in [6.07, 6.45) is 0.0648.